The van der Waals surface area contributed by atoms with Crippen LogP contribution in [0.15, 0.2) is 5.10 Å². The predicted octanol–water partition coefficient (Wildman–Crippen LogP) is 0.831. The van der Waals surface area contributed by atoms with Gasteiger partial charge in [-0.1, -0.05) is 27.7 Å². The van der Waals surface area contributed by atoms with Crippen molar-refractivity contribution in [1.82, 2.24) is 10.7 Å². The van der Waals surface area contributed by atoms with E-state index in [0.29, 0.717) is 0 Å². The smallest absolute Gasteiger partial charge is 0.184 e. The number of nitrogens with two attached hydrogens (primary N) is 1. The fraction of sp³-hybridized carbons (Fsp3) is 0.800. The predicted molar refractivity (Wildman–Crippen MR) is 67.8 cm³/mol. The van der Waals surface area contributed by atoms with E-state index >= 15 is 0 Å². The van der Waals surface area contributed by atoms with Gasteiger partial charge in [-0.05, 0) is 12.2 Å². The third-order valence-electron chi connectivity index (χ3n) is 2.69. The quantitative estimate of drug-likeness (QED) is 0.459. The second-order valence-corrected chi connectivity index (χ2v) is 5.75. The standard InChI is InChI=1S/C10H20N4S/c1-9(2)5-12-6-10(3,4)7(9)13-14-8(11)15/h12H,5-6H2,1-4H3,(H3,11,14,15). The van der Waals surface area contributed by atoms with Crippen LogP contribution in [-0.2, 0) is 0 Å². The van der Waals surface area contributed by atoms with Crippen LogP contribution in [0.5, 0.6) is 0 Å². The fourth-order valence-electron chi connectivity index (χ4n) is 2.18. The van der Waals surface area contributed by atoms with Gasteiger partial charge in [-0.3, -0.25) is 5.43 Å². The number of rotatable bonds is 1. The molecule has 4 nitrogen and oxygen atoms in total. The minimum Gasteiger partial charge on any atom is -0.375 e. The summed E-state index contributed by atoms with van der Waals surface area (Å²) in [5, 5.41) is 7.97. The summed E-state index contributed by atoms with van der Waals surface area (Å²) in [5.41, 5.74) is 9.25. The van der Waals surface area contributed by atoms with Crippen molar-refractivity contribution in [3.05, 3.63) is 0 Å². The normalized spacial score (nSPS) is 23.3. The van der Waals surface area contributed by atoms with Crippen LogP contribution in [0.25, 0.3) is 0 Å². The van der Waals surface area contributed by atoms with E-state index in [1.54, 1.807) is 0 Å². The number of nitrogens with zero attached hydrogens (tertiary/aromatic N) is 1. The highest BCUT2D eigenvalue weighted by molar-refractivity contribution is 7.80. The first-order valence-corrected chi connectivity index (χ1v) is 5.51. The van der Waals surface area contributed by atoms with Crippen LogP contribution >= 0.6 is 12.2 Å². The molecule has 0 aromatic heterocycles. The Morgan fingerprint density at radius 2 is 1.80 bits per heavy atom. The van der Waals surface area contributed by atoms with Gasteiger partial charge >= 0.3 is 0 Å². The number of hydrazone groups is 1. The molecule has 0 atom stereocenters. The lowest BCUT2D eigenvalue weighted by Crippen LogP contribution is -2.54. The molecular formula is C10H20N4S. The number of hydrogen-bond donors (Lipinski definition) is 3. The molecule has 0 aromatic rings. The molecule has 0 saturated carbocycles. The van der Waals surface area contributed by atoms with Gasteiger partial charge < -0.3 is 11.1 Å². The number of piperidine rings is 1. The van der Waals surface area contributed by atoms with Crippen LogP contribution in [0.3, 0.4) is 0 Å². The molecule has 1 heterocycles. The number of thiocarbonyl (C=S) groups is 1. The van der Waals surface area contributed by atoms with Crippen molar-refractivity contribution in [2.75, 3.05) is 13.1 Å². The summed E-state index contributed by atoms with van der Waals surface area (Å²) in [7, 11) is 0. The molecule has 86 valence electrons. The van der Waals surface area contributed by atoms with Gasteiger partial charge in [0.05, 0.1) is 5.71 Å². The van der Waals surface area contributed by atoms with Crippen LogP contribution in [0, 0.1) is 10.8 Å². The van der Waals surface area contributed by atoms with Crippen molar-refractivity contribution in [3.63, 3.8) is 0 Å². The van der Waals surface area contributed by atoms with E-state index in [9.17, 15) is 0 Å². The van der Waals surface area contributed by atoms with E-state index in [0.717, 1.165) is 18.8 Å². The van der Waals surface area contributed by atoms with Crippen LogP contribution in [-0.4, -0.2) is 23.9 Å². The van der Waals surface area contributed by atoms with Crippen molar-refractivity contribution < 1.29 is 0 Å². The molecule has 4 N–H and O–H groups in total. The number of nitrogens with one attached hydrogen (secondary N) is 2. The average Bonchev–Trinajstić information content (AvgIpc) is 1.99. The molecule has 0 aromatic carbocycles. The van der Waals surface area contributed by atoms with Gasteiger partial charge in [0, 0.05) is 23.9 Å². The molecule has 1 aliphatic rings. The van der Waals surface area contributed by atoms with Crippen LogP contribution < -0.4 is 16.5 Å². The summed E-state index contributed by atoms with van der Waals surface area (Å²) in [5.74, 6) is 0. The Morgan fingerprint density at radius 1 is 1.33 bits per heavy atom. The molecule has 1 saturated heterocycles. The van der Waals surface area contributed by atoms with E-state index in [4.69, 9.17) is 18.0 Å². The van der Waals surface area contributed by atoms with E-state index < -0.39 is 0 Å². The van der Waals surface area contributed by atoms with Crippen LogP contribution in [0.2, 0.25) is 0 Å². The highest BCUT2D eigenvalue weighted by Gasteiger charge is 2.40. The maximum absolute atomic E-state index is 5.38. The molecule has 0 aliphatic carbocycles. The van der Waals surface area contributed by atoms with Gasteiger partial charge in [-0.2, -0.15) is 5.10 Å². The van der Waals surface area contributed by atoms with E-state index in [2.05, 4.69) is 43.5 Å². The van der Waals surface area contributed by atoms with Gasteiger partial charge in [-0.25, -0.2) is 0 Å². The van der Waals surface area contributed by atoms with Crippen molar-refractivity contribution in [2.45, 2.75) is 27.7 Å². The molecule has 0 amide bonds. The maximum atomic E-state index is 5.38. The summed E-state index contributed by atoms with van der Waals surface area (Å²) >= 11 is 4.76. The van der Waals surface area contributed by atoms with E-state index in [1.807, 2.05) is 0 Å². The van der Waals surface area contributed by atoms with Crippen molar-refractivity contribution in [2.24, 2.45) is 21.7 Å². The van der Waals surface area contributed by atoms with Crippen molar-refractivity contribution in [3.8, 4) is 0 Å². The van der Waals surface area contributed by atoms with E-state index in [1.165, 1.54) is 0 Å². The van der Waals surface area contributed by atoms with Gasteiger partial charge in [0.15, 0.2) is 5.11 Å². The monoisotopic (exact) mass is 228 g/mol. The first kappa shape index (κ1) is 12.4. The molecule has 1 aliphatic heterocycles. The summed E-state index contributed by atoms with van der Waals surface area (Å²) in [4.78, 5) is 0. The fourth-order valence-corrected chi connectivity index (χ4v) is 2.23. The zero-order chi connectivity index (χ0) is 11.7. The lowest BCUT2D eigenvalue weighted by atomic mass is 9.70. The second-order valence-electron chi connectivity index (χ2n) is 5.31. The molecule has 0 unspecified atom stereocenters. The average molecular weight is 228 g/mol. The molecule has 1 rings (SSSR count). The maximum Gasteiger partial charge on any atom is 0.184 e. The molecule has 15 heavy (non-hydrogen) atoms. The largest absolute Gasteiger partial charge is 0.375 e. The molecule has 1 fully saturated rings. The highest BCUT2D eigenvalue weighted by atomic mass is 32.1. The Balaban J connectivity index is 2.96. The molecule has 0 radical (unpaired) electrons. The zero-order valence-corrected chi connectivity index (χ0v) is 10.7. The van der Waals surface area contributed by atoms with Gasteiger partial charge in [0.2, 0.25) is 0 Å². The minimum atomic E-state index is 0.0273. The Hall–Kier alpha value is -0.680. The lowest BCUT2D eigenvalue weighted by Gasteiger charge is -2.42. The molecular weight excluding hydrogens is 208 g/mol. The van der Waals surface area contributed by atoms with Gasteiger partial charge in [0.25, 0.3) is 0 Å². The van der Waals surface area contributed by atoms with Crippen LogP contribution in [0.1, 0.15) is 27.7 Å². The molecule has 5 heteroatoms. The van der Waals surface area contributed by atoms with Crippen molar-refractivity contribution in [1.29, 1.82) is 0 Å². The molecule has 0 spiro atoms. The van der Waals surface area contributed by atoms with Gasteiger partial charge in [-0.15, -0.1) is 0 Å². The molecule has 0 bridgehead atoms. The number of hydrogen-bond acceptors (Lipinski definition) is 3. The SMILES string of the molecule is CC1(C)CNCC(C)(C)C1=NNC(N)=S. The third-order valence-corrected chi connectivity index (χ3v) is 2.79. The highest BCUT2D eigenvalue weighted by Crippen LogP contribution is 2.33. The zero-order valence-electron chi connectivity index (χ0n) is 9.85. The first-order chi connectivity index (χ1) is 6.76. The second kappa shape index (κ2) is 4.06. The van der Waals surface area contributed by atoms with Gasteiger partial charge in [0.1, 0.15) is 0 Å². The first-order valence-electron chi connectivity index (χ1n) is 5.10. The topological polar surface area (TPSA) is 62.4 Å². The summed E-state index contributed by atoms with van der Waals surface area (Å²) in [6.45, 7) is 10.5. The Kier molecular flexibility index (Phi) is 3.35. The Labute approximate surface area is 96.7 Å². The summed E-state index contributed by atoms with van der Waals surface area (Å²) in [6.07, 6.45) is 0. The Morgan fingerprint density at radius 3 is 2.20 bits per heavy atom. The Bertz CT molecular complexity index is 276. The van der Waals surface area contributed by atoms with Crippen molar-refractivity contribution >= 4 is 23.0 Å². The summed E-state index contributed by atoms with van der Waals surface area (Å²) in [6, 6.07) is 0. The lowest BCUT2D eigenvalue weighted by molar-refractivity contribution is 0.321. The third kappa shape index (κ3) is 2.89. The summed E-state index contributed by atoms with van der Waals surface area (Å²) < 4.78 is 0. The minimum absolute atomic E-state index is 0.0273. The van der Waals surface area contributed by atoms with E-state index in [-0.39, 0.29) is 15.9 Å². The van der Waals surface area contributed by atoms with Crippen LogP contribution in [0.4, 0.5) is 0 Å².